The Morgan fingerprint density at radius 3 is 2.32 bits per heavy atom. The average Bonchev–Trinajstić information content (AvgIpc) is 2.60. The highest BCUT2D eigenvalue weighted by Gasteiger charge is 2.39. The van der Waals surface area contributed by atoms with Crippen molar-refractivity contribution in [2.45, 2.75) is 27.7 Å². The monoisotopic (exact) mass is 358 g/mol. The molecule has 1 N–H and O–H groups in total. The zero-order valence-electron chi connectivity index (χ0n) is 15.0. The topological polar surface area (TPSA) is 49.4 Å². The largest absolute Gasteiger partial charge is 0.325 e. The van der Waals surface area contributed by atoms with Crippen molar-refractivity contribution in [1.82, 2.24) is 0 Å². The van der Waals surface area contributed by atoms with E-state index in [-0.39, 0.29) is 11.8 Å². The number of amides is 2. The zero-order chi connectivity index (χ0) is 18.6. The van der Waals surface area contributed by atoms with E-state index in [9.17, 15) is 9.59 Å². The Morgan fingerprint density at radius 2 is 1.72 bits per heavy atom. The quantitative estimate of drug-likeness (QED) is 0.790. The van der Waals surface area contributed by atoms with Gasteiger partial charge in [-0.25, -0.2) is 0 Å². The number of nitrogens with one attached hydrogen (secondary N) is 1. The first-order valence-corrected chi connectivity index (χ1v) is 8.60. The van der Waals surface area contributed by atoms with Crippen molar-refractivity contribution < 1.29 is 9.59 Å². The lowest BCUT2D eigenvalue weighted by Crippen LogP contribution is -2.47. The van der Waals surface area contributed by atoms with Gasteiger partial charge in [-0.05, 0) is 57.5 Å². The normalized spacial score (nSPS) is 11.1. The lowest BCUT2D eigenvalue weighted by atomic mass is 9.89. The molecule has 0 saturated heterocycles. The maximum Gasteiger partial charge on any atom is 0.242 e. The highest BCUT2D eigenvalue weighted by Crippen LogP contribution is 2.28. The van der Waals surface area contributed by atoms with Crippen LogP contribution in [0.3, 0.4) is 0 Å². The molecule has 0 aliphatic heterocycles. The second-order valence-corrected chi connectivity index (χ2v) is 6.78. The van der Waals surface area contributed by atoms with Crippen LogP contribution in [0.4, 0.5) is 11.4 Å². The molecular weight excluding hydrogens is 336 g/mol. The third-order valence-electron chi connectivity index (χ3n) is 4.25. The Bertz CT molecular complexity index is 773. The standard InChI is InChI=1S/C20H23ClN2O2/c1-5-23(15-10-7-6-8-11-15)19(25)20(3,4)18(24)22-17-13-9-12-16(21)14(17)2/h6-13H,5H2,1-4H3,(H,22,24). The van der Waals surface area contributed by atoms with Crippen LogP contribution in [0.25, 0.3) is 0 Å². The third kappa shape index (κ3) is 4.02. The van der Waals surface area contributed by atoms with Gasteiger partial charge >= 0.3 is 0 Å². The molecule has 0 heterocycles. The fourth-order valence-corrected chi connectivity index (χ4v) is 2.68. The number of benzene rings is 2. The average molecular weight is 359 g/mol. The molecule has 0 aliphatic rings. The summed E-state index contributed by atoms with van der Waals surface area (Å²) in [7, 11) is 0. The summed E-state index contributed by atoms with van der Waals surface area (Å²) in [5.74, 6) is -0.615. The summed E-state index contributed by atoms with van der Waals surface area (Å²) >= 11 is 6.10. The van der Waals surface area contributed by atoms with Gasteiger partial charge in [-0.1, -0.05) is 35.9 Å². The number of nitrogens with zero attached hydrogens (tertiary/aromatic N) is 1. The SMILES string of the molecule is CCN(C(=O)C(C)(C)C(=O)Nc1cccc(Cl)c1C)c1ccccc1. The minimum atomic E-state index is -1.22. The Balaban J connectivity index is 2.25. The smallest absolute Gasteiger partial charge is 0.242 e. The summed E-state index contributed by atoms with van der Waals surface area (Å²) in [6.45, 7) is 7.47. The van der Waals surface area contributed by atoms with Crippen molar-refractivity contribution in [2.75, 3.05) is 16.8 Å². The Labute approximate surface area is 153 Å². The van der Waals surface area contributed by atoms with Crippen LogP contribution in [0.5, 0.6) is 0 Å². The van der Waals surface area contributed by atoms with E-state index in [4.69, 9.17) is 11.6 Å². The molecule has 2 aromatic carbocycles. The van der Waals surface area contributed by atoms with E-state index in [0.717, 1.165) is 11.3 Å². The third-order valence-corrected chi connectivity index (χ3v) is 4.66. The molecule has 4 nitrogen and oxygen atoms in total. The van der Waals surface area contributed by atoms with Crippen LogP contribution < -0.4 is 10.2 Å². The van der Waals surface area contributed by atoms with Gasteiger partial charge in [0.1, 0.15) is 5.41 Å². The second-order valence-electron chi connectivity index (χ2n) is 6.38. The number of anilines is 2. The number of hydrogen-bond acceptors (Lipinski definition) is 2. The van der Waals surface area contributed by atoms with Crippen LogP contribution in [-0.4, -0.2) is 18.4 Å². The van der Waals surface area contributed by atoms with E-state index < -0.39 is 5.41 Å². The fourth-order valence-electron chi connectivity index (χ4n) is 2.51. The van der Waals surface area contributed by atoms with E-state index in [1.807, 2.05) is 44.2 Å². The minimum Gasteiger partial charge on any atom is -0.325 e. The molecule has 2 rings (SSSR count). The van der Waals surface area contributed by atoms with Crippen LogP contribution in [0, 0.1) is 12.3 Å². The molecule has 5 heteroatoms. The van der Waals surface area contributed by atoms with Gasteiger partial charge in [-0.2, -0.15) is 0 Å². The summed E-state index contributed by atoms with van der Waals surface area (Å²) in [5.41, 5.74) is 0.938. The van der Waals surface area contributed by atoms with Crippen molar-refractivity contribution in [3.8, 4) is 0 Å². The molecule has 2 aromatic rings. The summed E-state index contributed by atoms with van der Waals surface area (Å²) < 4.78 is 0. The molecule has 0 saturated carbocycles. The molecule has 132 valence electrons. The molecule has 0 bridgehead atoms. The van der Waals surface area contributed by atoms with Gasteiger partial charge in [0.2, 0.25) is 11.8 Å². The number of carbonyl (C=O) groups excluding carboxylic acids is 2. The van der Waals surface area contributed by atoms with E-state index in [2.05, 4.69) is 5.32 Å². The molecule has 0 aromatic heterocycles. The van der Waals surface area contributed by atoms with Crippen LogP contribution >= 0.6 is 11.6 Å². The van der Waals surface area contributed by atoms with E-state index in [0.29, 0.717) is 17.3 Å². The summed E-state index contributed by atoms with van der Waals surface area (Å²) in [6.07, 6.45) is 0. The summed E-state index contributed by atoms with van der Waals surface area (Å²) in [6, 6.07) is 14.6. The predicted octanol–water partition coefficient (Wildman–Crippen LogP) is 4.67. The number of para-hydroxylation sites is 1. The Hall–Kier alpha value is -2.33. The van der Waals surface area contributed by atoms with Crippen LogP contribution in [0.15, 0.2) is 48.5 Å². The van der Waals surface area contributed by atoms with E-state index in [1.165, 1.54) is 0 Å². The van der Waals surface area contributed by atoms with Gasteiger partial charge in [0, 0.05) is 22.9 Å². The second kappa shape index (κ2) is 7.70. The van der Waals surface area contributed by atoms with Gasteiger partial charge in [0.15, 0.2) is 0 Å². The van der Waals surface area contributed by atoms with Crippen molar-refractivity contribution in [3.63, 3.8) is 0 Å². The fraction of sp³-hybridized carbons (Fsp3) is 0.300. The highest BCUT2D eigenvalue weighted by molar-refractivity contribution is 6.31. The molecule has 0 unspecified atom stereocenters. The van der Waals surface area contributed by atoms with Crippen molar-refractivity contribution >= 4 is 34.8 Å². The van der Waals surface area contributed by atoms with Crippen molar-refractivity contribution in [2.24, 2.45) is 5.41 Å². The minimum absolute atomic E-state index is 0.251. The number of halogens is 1. The predicted molar refractivity (Wildman–Crippen MR) is 103 cm³/mol. The van der Waals surface area contributed by atoms with E-state index >= 15 is 0 Å². The van der Waals surface area contributed by atoms with Crippen LogP contribution in [-0.2, 0) is 9.59 Å². The summed E-state index contributed by atoms with van der Waals surface area (Å²) in [5, 5.41) is 3.40. The molecule has 0 radical (unpaired) electrons. The molecule has 0 aliphatic carbocycles. The first kappa shape index (κ1) is 19.0. The van der Waals surface area contributed by atoms with Crippen molar-refractivity contribution in [3.05, 3.63) is 59.1 Å². The lowest BCUT2D eigenvalue weighted by molar-refractivity contribution is -0.136. The molecule has 2 amide bonds. The van der Waals surface area contributed by atoms with Gasteiger partial charge in [0.05, 0.1) is 0 Å². The molecule has 25 heavy (non-hydrogen) atoms. The van der Waals surface area contributed by atoms with E-state index in [1.54, 1.807) is 36.9 Å². The Morgan fingerprint density at radius 1 is 1.08 bits per heavy atom. The Kier molecular flexibility index (Phi) is 5.85. The maximum atomic E-state index is 13.0. The van der Waals surface area contributed by atoms with Crippen LogP contribution in [0.1, 0.15) is 26.3 Å². The first-order chi connectivity index (χ1) is 11.8. The van der Waals surface area contributed by atoms with Gasteiger partial charge < -0.3 is 10.2 Å². The number of hydrogen-bond donors (Lipinski definition) is 1. The summed E-state index contributed by atoms with van der Waals surface area (Å²) in [4.78, 5) is 27.4. The highest BCUT2D eigenvalue weighted by atomic mass is 35.5. The molecule has 0 fully saturated rings. The molecule has 0 spiro atoms. The molecular formula is C20H23ClN2O2. The van der Waals surface area contributed by atoms with Gasteiger partial charge in [-0.15, -0.1) is 0 Å². The van der Waals surface area contributed by atoms with Crippen molar-refractivity contribution in [1.29, 1.82) is 0 Å². The number of carbonyl (C=O) groups is 2. The molecule has 0 atom stereocenters. The van der Waals surface area contributed by atoms with Gasteiger partial charge in [0.25, 0.3) is 0 Å². The lowest BCUT2D eigenvalue weighted by Gasteiger charge is -2.30. The maximum absolute atomic E-state index is 13.0. The zero-order valence-corrected chi connectivity index (χ0v) is 15.7. The van der Waals surface area contributed by atoms with Gasteiger partial charge in [-0.3, -0.25) is 9.59 Å². The van der Waals surface area contributed by atoms with Crippen LogP contribution in [0.2, 0.25) is 5.02 Å². The number of rotatable bonds is 5. The first-order valence-electron chi connectivity index (χ1n) is 8.22.